The summed E-state index contributed by atoms with van der Waals surface area (Å²) >= 11 is 0. The van der Waals surface area contributed by atoms with Crippen molar-refractivity contribution in [2.24, 2.45) is 5.92 Å². The zero-order valence-electron chi connectivity index (χ0n) is 10.7. The van der Waals surface area contributed by atoms with E-state index in [1.54, 1.807) is 0 Å². The fraction of sp³-hybridized carbons (Fsp3) is 1.00. The van der Waals surface area contributed by atoms with Crippen LogP contribution in [0.4, 0.5) is 0 Å². The van der Waals surface area contributed by atoms with E-state index in [2.05, 4.69) is 22.5 Å². The van der Waals surface area contributed by atoms with Crippen LogP contribution in [0.3, 0.4) is 0 Å². The molecule has 1 atom stereocenters. The summed E-state index contributed by atoms with van der Waals surface area (Å²) in [5, 5.41) is 7.13. The predicted octanol–water partition coefficient (Wildman–Crippen LogP) is 1.06. The summed E-state index contributed by atoms with van der Waals surface area (Å²) in [6.45, 7) is 9.86. The molecule has 1 unspecified atom stereocenters. The van der Waals surface area contributed by atoms with Crippen molar-refractivity contribution in [1.29, 1.82) is 0 Å². The van der Waals surface area contributed by atoms with Crippen LogP contribution in [0.15, 0.2) is 0 Å². The van der Waals surface area contributed by atoms with Crippen molar-refractivity contribution < 1.29 is 0 Å². The van der Waals surface area contributed by atoms with Gasteiger partial charge in [0.2, 0.25) is 0 Å². The maximum atomic E-state index is 3.71. The van der Waals surface area contributed by atoms with Gasteiger partial charge < -0.3 is 15.5 Å². The fourth-order valence-corrected chi connectivity index (χ4v) is 2.87. The molecule has 2 aliphatic rings. The summed E-state index contributed by atoms with van der Waals surface area (Å²) in [5.74, 6) is 0.905. The molecule has 0 radical (unpaired) electrons. The first-order valence-electron chi connectivity index (χ1n) is 7.01. The smallest absolute Gasteiger partial charge is 0.0166 e. The van der Waals surface area contributed by atoms with E-state index in [1.165, 1.54) is 65.0 Å². The predicted molar refractivity (Wildman–Crippen MR) is 68.7 cm³/mol. The van der Waals surface area contributed by atoms with Gasteiger partial charge in [-0.1, -0.05) is 0 Å². The van der Waals surface area contributed by atoms with Crippen LogP contribution in [0, 0.1) is 5.92 Å². The van der Waals surface area contributed by atoms with E-state index in [0.717, 1.165) is 5.92 Å². The molecule has 2 N–H and O–H groups in total. The number of hydrogen-bond acceptors (Lipinski definition) is 3. The van der Waals surface area contributed by atoms with Gasteiger partial charge in [-0.05, 0) is 71.2 Å². The van der Waals surface area contributed by atoms with Gasteiger partial charge in [0.25, 0.3) is 0 Å². The average Bonchev–Trinajstić information content (AvgIpc) is 2.81. The Morgan fingerprint density at radius 3 is 2.62 bits per heavy atom. The summed E-state index contributed by atoms with van der Waals surface area (Å²) in [4.78, 5) is 2.60. The Hall–Kier alpha value is -0.120. The van der Waals surface area contributed by atoms with Crippen molar-refractivity contribution in [3.05, 3.63) is 0 Å². The number of hydrogen-bond donors (Lipinski definition) is 2. The minimum absolute atomic E-state index is 0.660. The van der Waals surface area contributed by atoms with Crippen molar-refractivity contribution in [3.8, 4) is 0 Å². The lowest BCUT2D eigenvalue weighted by Gasteiger charge is -2.26. The highest BCUT2D eigenvalue weighted by molar-refractivity contribution is 4.75. The highest BCUT2D eigenvalue weighted by atomic mass is 15.2. The largest absolute Gasteiger partial charge is 0.317 e. The van der Waals surface area contributed by atoms with Crippen LogP contribution in [0.25, 0.3) is 0 Å². The standard InChI is InChI=1S/C13H27N3/c1-12(11-16-8-2-3-9-16)15-10-13-4-6-14-7-5-13/h12-15H,2-11H2,1H3. The van der Waals surface area contributed by atoms with E-state index in [9.17, 15) is 0 Å². The molecular formula is C13H27N3. The molecule has 94 valence electrons. The number of nitrogens with zero attached hydrogens (tertiary/aromatic N) is 1. The molecule has 2 rings (SSSR count). The SMILES string of the molecule is CC(CN1CCCC1)NCC1CCNCC1. The van der Waals surface area contributed by atoms with Gasteiger partial charge in [0.05, 0.1) is 0 Å². The first-order chi connectivity index (χ1) is 7.84. The second-order valence-corrected chi connectivity index (χ2v) is 5.51. The maximum Gasteiger partial charge on any atom is 0.0166 e. The molecule has 2 aliphatic heterocycles. The minimum atomic E-state index is 0.660. The Balaban J connectivity index is 1.57. The van der Waals surface area contributed by atoms with Gasteiger partial charge in [0.15, 0.2) is 0 Å². The molecule has 2 saturated heterocycles. The number of rotatable bonds is 5. The Kier molecular flexibility index (Phi) is 5.07. The van der Waals surface area contributed by atoms with Gasteiger partial charge in [-0.15, -0.1) is 0 Å². The van der Waals surface area contributed by atoms with Gasteiger partial charge in [-0.25, -0.2) is 0 Å². The highest BCUT2D eigenvalue weighted by Crippen LogP contribution is 2.11. The molecular weight excluding hydrogens is 198 g/mol. The molecule has 0 aromatic heterocycles. The topological polar surface area (TPSA) is 27.3 Å². The zero-order chi connectivity index (χ0) is 11.2. The Morgan fingerprint density at radius 1 is 1.25 bits per heavy atom. The molecule has 16 heavy (non-hydrogen) atoms. The Morgan fingerprint density at radius 2 is 1.94 bits per heavy atom. The van der Waals surface area contributed by atoms with Crippen LogP contribution in [-0.2, 0) is 0 Å². The molecule has 2 heterocycles. The molecule has 0 spiro atoms. The second-order valence-electron chi connectivity index (χ2n) is 5.51. The normalized spacial score (nSPS) is 26.1. The number of likely N-dealkylation sites (tertiary alicyclic amines) is 1. The molecule has 2 fully saturated rings. The quantitative estimate of drug-likeness (QED) is 0.732. The lowest BCUT2D eigenvalue weighted by atomic mass is 9.98. The molecule has 3 heteroatoms. The molecule has 0 amide bonds. The van der Waals surface area contributed by atoms with Crippen LogP contribution < -0.4 is 10.6 Å². The third kappa shape index (κ3) is 4.04. The summed E-state index contributed by atoms with van der Waals surface area (Å²) in [6, 6.07) is 0.660. The van der Waals surface area contributed by atoms with Crippen LogP contribution in [-0.4, -0.2) is 50.2 Å². The summed E-state index contributed by atoms with van der Waals surface area (Å²) in [5.41, 5.74) is 0. The van der Waals surface area contributed by atoms with Crippen LogP contribution in [0.1, 0.15) is 32.6 Å². The third-order valence-corrected chi connectivity index (χ3v) is 3.94. The fourth-order valence-electron chi connectivity index (χ4n) is 2.87. The monoisotopic (exact) mass is 225 g/mol. The van der Waals surface area contributed by atoms with E-state index in [0.29, 0.717) is 6.04 Å². The van der Waals surface area contributed by atoms with Gasteiger partial charge in [0, 0.05) is 12.6 Å². The van der Waals surface area contributed by atoms with Crippen molar-refractivity contribution in [1.82, 2.24) is 15.5 Å². The first kappa shape index (κ1) is 12.3. The summed E-state index contributed by atoms with van der Waals surface area (Å²) < 4.78 is 0. The molecule has 0 aromatic carbocycles. The molecule has 3 nitrogen and oxygen atoms in total. The second kappa shape index (κ2) is 6.58. The van der Waals surface area contributed by atoms with Crippen molar-refractivity contribution in [3.63, 3.8) is 0 Å². The summed E-state index contributed by atoms with van der Waals surface area (Å²) in [7, 11) is 0. The van der Waals surface area contributed by atoms with Crippen LogP contribution >= 0.6 is 0 Å². The highest BCUT2D eigenvalue weighted by Gasteiger charge is 2.16. The van der Waals surface area contributed by atoms with Gasteiger partial charge >= 0.3 is 0 Å². The van der Waals surface area contributed by atoms with E-state index >= 15 is 0 Å². The average molecular weight is 225 g/mol. The summed E-state index contributed by atoms with van der Waals surface area (Å²) in [6.07, 6.45) is 5.51. The molecule has 0 bridgehead atoms. The van der Waals surface area contributed by atoms with Crippen molar-refractivity contribution in [2.45, 2.75) is 38.6 Å². The Bertz CT molecular complexity index is 184. The lowest BCUT2D eigenvalue weighted by Crippen LogP contribution is -2.41. The first-order valence-corrected chi connectivity index (χ1v) is 7.01. The van der Waals surface area contributed by atoms with E-state index < -0.39 is 0 Å². The third-order valence-electron chi connectivity index (χ3n) is 3.94. The number of piperidine rings is 1. The van der Waals surface area contributed by atoms with Crippen molar-refractivity contribution in [2.75, 3.05) is 39.3 Å². The van der Waals surface area contributed by atoms with E-state index in [4.69, 9.17) is 0 Å². The van der Waals surface area contributed by atoms with E-state index in [-0.39, 0.29) is 0 Å². The van der Waals surface area contributed by atoms with Crippen LogP contribution in [0.5, 0.6) is 0 Å². The van der Waals surface area contributed by atoms with E-state index in [1.807, 2.05) is 0 Å². The van der Waals surface area contributed by atoms with Gasteiger partial charge in [0.1, 0.15) is 0 Å². The maximum absolute atomic E-state index is 3.71. The van der Waals surface area contributed by atoms with Gasteiger partial charge in [-0.2, -0.15) is 0 Å². The minimum Gasteiger partial charge on any atom is -0.317 e. The van der Waals surface area contributed by atoms with Crippen LogP contribution in [0.2, 0.25) is 0 Å². The zero-order valence-corrected chi connectivity index (χ0v) is 10.7. The van der Waals surface area contributed by atoms with Gasteiger partial charge in [-0.3, -0.25) is 0 Å². The lowest BCUT2D eigenvalue weighted by molar-refractivity contribution is 0.279. The Labute approximate surface area is 100.0 Å². The molecule has 0 aliphatic carbocycles. The number of nitrogens with one attached hydrogen (secondary N) is 2. The molecule has 0 aromatic rings. The van der Waals surface area contributed by atoms with Crippen molar-refractivity contribution >= 4 is 0 Å². The molecule has 0 saturated carbocycles.